The summed E-state index contributed by atoms with van der Waals surface area (Å²) in [5.74, 6) is 0.839. The van der Waals surface area contributed by atoms with E-state index in [1.807, 2.05) is 41.8 Å². The van der Waals surface area contributed by atoms with E-state index in [2.05, 4.69) is 65.8 Å². The molecule has 0 saturated heterocycles. The summed E-state index contributed by atoms with van der Waals surface area (Å²) in [5.41, 5.74) is 9.72. The SMILES string of the molecule is Cc1ccc(-c2csc(N/N=C/c3ccc(OCc4ccccc4C)cc3)n2)cc1. The fourth-order valence-electron chi connectivity index (χ4n) is 2.93. The van der Waals surface area contributed by atoms with Gasteiger partial charge in [0.2, 0.25) is 5.13 Å². The molecule has 0 aliphatic rings. The van der Waals surface area contributed by atoms with Crippen molar-refractivity contribution < 1.29 is 4.74 Å². The van der Waals surface area contributed by atoms with E-state index in [1.54, 1.807) is 6.21 Å². The van der Waals surface area contributed by atoms with Gasteiger partial charge in [0, 0.05) is 10.9 Å². The van der Waals surface area contributed by atoms with Crippen LogP contribution in [0.4, 0.5) is 5.13 Å². The standard InChI is InChI=1S/C25H23N3OS/c1-18-7-11-21(12-8-18)24-17-30-25(27-24)28-26-15-20-9-13-23(14-10-20)29-16-22-6-4-3-5-19(22)2/h3-15,17H,16H2,1-2H3,(H,27,28)/b26-15+. The zero-order valence-electron chi connectivity index (χ0n) is 17.0. The molecule has 0 aliphatic carbocycles. The highest BCUT2D eigenvalue weighted by molar-refractivity contribution is 7.14. The molecule has 0 saturated carbocycles. The van der Waals surface area contributed by atoms with Gasteiger partial charge in [-0.25, -0.2) is 4.98 Å². The Morgan fingerprint density at radius 2 is 1.73 bits per heavy atom. The van der Waals surface area contributed by atoms with Gasteiger partial charge >= 0.3 is 0 Å². The van der Waals surface area contributed by atoms with Crippen molar-refractivity contribution in [2.45, 2.75) is 20.5 Å². The minimum Gasteiger partial charge on any atom is -0.489 e. The van der Waals surface area contributed by atoms with Crippen molar-refractivity contribution in [1.29, 1.82) is 0 Å². The molecule has 30 heavy (non-hydrogen) atoms. The number of benzene rings is 3. The Balaban J connectivity index is 1.31. The van der Waals surface area contributed by atoms with Crippen molar-refractivity contribution in [3.05, 3.63) is 100 Å². The van der Waals surface area contributed by atoms with Crippen LogP contribution in [0.1, 0.15) is 22.3 Å². The van der Waals surface area contributed by atoms with Crippen molar-refractivity contribution in [2.24, 2.45) is 5.10 Å². The van der Waals surface area contributed by atoms with E-state index >= 15 is 0 Å². The summed E-state index contributed by atoms with van der Waals surface area (Å²) in [4.78, 5) is 4.59. The van der Waals surface area contributed by atoms with Gasteiger partial charge in [-0.15, -0.1) is 11.3 Å². The van der Waals surface area contributed by atoms with E-state index in [0.29, 0.717) is 6.61 Å². The lowest BCUT2D eigenvalue weighted by atomic mass is 10.1. The molecule has 0 unspecified atom stereocenters. The normalized spacial score (nSPS) is 11.0. The molecule has 150 valence electrons. The van der Waals surface area contributed by atoms with Crippen LogP contribution in [0, 0.1) is 13.8 Å². The number of ether oxygens (including phenoxy) is 1. The highest BCUT2D eigenvalue weighted by Gasteiger charge is 2.03. The first-order chi connectivity index (χ1) is 14.7. The highest BCUT2D eigenvalue weighted by atomic mass is 32.1. The van der Waals surface area contributed by atoms with Gasteiger partial charge in [0.25, 0.3) is 0 Å². The van der Waals surface area contributed by atoms with E-state index in [4.69, 9.17) is 4.74 Å². The molecule has 1 N–H and O–H groups in total. The van der Waals surface area contributed by atoms with Crippen molar-refractivity contribution in [1.82, 2.24) is 4.98 Å². The maximum absolute atomic E-state index is 5.89. The number of aromatic nitrogens is 1. The zero-order valence-corrected chi connectivity index (χ0v) is 17.8. The average molecular weight is 414 g/mol. The van der Waals surface area contributed by atoms with Gasteiger partial charge in [-0.3, -0.25) is 5.43 Å². The summed E-state index contributed by atoms with van der Waals surface area (Å²) in [5, 5.41) is 7.09. The molecule has 4 rings (SSSR count). The van der Waals surface area contributed by atoms with Crippen LogP contribution >= 0.6 is 11.3 Å². The number of nitrogens with zero attached hydrogens (tertiary/aromatic N) is 2. The van der Waals surface area contributed by atoms with Gasteiger partial charge < -0.3 is 4.74 Å². The third kappa shape index (κ3) is 5.13. The Morgan fingerprint density at radius 3 is 2.50 bits per heavy atom. The van der Waals surface area contributed by atoms with E-state index in [-0.39, 0.29) is 0 Å². The minimum absolute atomic E-state index is 0.565. The van der Waals surface area contributed by atoms with Crippen LogP contribution in [0.15, 0.2) is 83.3 Å². The monoisotopic (exact) mass is 413 g/mol. The zero-order chi connectivity index (χ0) is 20.8. The predicted octanol–water partition coefficient (Wildman–Crippen LogP) is 6.45. The molecule has 0 spiro atoms. The Bertz CT molecular complexity index is 1130. The molecular weight excluding hydrogens is 390 g/mol. The van der Waals surface area contributed by atoms with Crippen LogP contribution in [-0.4, -0.2) is 11.2 Å². The molecule has 0 fully saturated rings. The lowest BCUT2D eigenvalue weighted by molar-refractivity contribution is 0.305. The molecular formula is C25H23N3OS. The highest BCUT2D eigenvalue weighted by Crippen LogP contribution is 2.25. The molecule has 5 heteroatoms. The molecule has 0 amide bonds. The Labute approximate surface area is 180 Å². The maximum Gasteiger partial charge on any atom is 0.203 e. The summed E-state index contributed by atoms with van der Waals surface area (Å²) >= 11 is 1.54. The Hall–Kier alpha value is -3.44. The molecule has 1 aromatic heterocycles. The Kier molecular flexibility index (Phi) is 6.20. The third-order valence-electron chi connectivity index (χ3n) is 4.76. The van der Waals surface area contributed by atoms with Gasteiger partial charge in [0.15, 0.2) is 0 Å². The maximum atomic E-state index is 5.89. The first kappa shape index (κ1) is 19.9. The fraction of sp³-hybridized carbons (Fsp3) is 0.120. The van der Waals surface area contributed by atoms with Crippen LogP contribution in [0.2, 0.25) is 0 Å². The first-order valence-corrected chi connectivity index (χ1v) is 10.6. The lowest BCUT2D eigenvalue weighted by Crippen LogP contribution is -1.97. The number of hydrogen-bond donors (Lipinski definition) is 1. The molecule has 4 nitrogen and oxygen atoms in total. The van der Waals surface area contributed by atoms with Gasteiger partial charge in [-0.2, -0.15) is 5.10 Å². The number of nitrogens with one attached hydrogen (secondary N) is 1. The summed E-state index contributed by atoms with van der Waals surface area (Å²) < 4.78 is 5.89. The number of anilines is 1. The van der Waals surface area contributed by atoms with Gasteiger partial charge in [0.05, 0.1) is 11.9 Å². The quantitative estimate of drug-likeness (QED) is 0.280. The minimum atomic E-state index is 0.565. The largest absolute Gasteiger partial charge is 0.489 e. The van der Waals surface area contributed by atoms with Crippen LogP contribution < -0.4 is 10.2 Å². The van der Waals surface area contributed by atoms with Crippen molar-refractivity contribution in [3.63, 3.8) is 0 Å². The molecule has 0 aliphatic heterocycles. The smallest absolute Gasteiger partial charge is 0.203 e. The van der Waals surface area contributed by atoms with Crippen molar-refractivity contribution in [3.8, 4) is 17.0 Å². The van der Waals surface area contributed by atoms with Crippen LogP contribution in [-0.2, 0) is 6.61 Å². The molecule has 0 atom stereocenters. The van der Waals surface area contributed by atoms with E-state index in [9.17, 15) is 0 Å². The topological polar surface area (TPSA) is 46.5 Å². The summed E-state index contributed by atoms with van der Waals surface area (Å²) in [6.45, 7) is 4.74. The summed E-state index contributed by atoms with van der Waals surface area (Å²) in [6.07, 6.45) is 1.78. The molecule has 0 bridgehead atoms. The van der Waals surface area contributed by atoms with Gasteiger partial charge in [0.1, 0.15) is 12.4 Å². The fourth-order valence-corrected chi connectivity index (χ4v) is 3.60. The van der Waals surface area contributed by atoms with Crippen LogP contribution in [0.25, 0.3) is 11.3 Å². The third-order valence-corrected chi connectivity index (χ3v) is 5.51. The van der Waals surface area contributed by atoms with E-state index in [1.165, 1.54) is 28.0 Å². The average Bonchev–Trinajstić information content (AvgIpc) is 3.23. The Morgan fingerprint density at radius 1 is 0.967 bits per heavy atom. The second-order valence-electron chi connectivity index (χ2n) is 7.06. The number of hydrogen-bond acceptors (Lipinski definition) is 5. The predicted molar refractivity (Wildman–Crippen MR) is 125 cm³/mol. The second-order valence-corrected chi connectivity index (χ2v) is 7.92. The summed E-state index contributed by atoms with van der Waals surface area (Å²) in [7, 11) is 0. The van der Waals surface area contributed by atoms with Gasteiger partial charge in [-0.05, 0) is 54.8 Å². The second kappa shape index (κ2) is 9.37. The van der Waals surface area contributed by atoms with Crippen LogP contribution in [0.5, 0.6) is 5.75 Å². The van der Waals surface area contributed by atoms with Gasteiger partial charge in [-0.1, -0.05) is 54.1 Å². The lowest BCUT2D eigenvalue weighted by Gasteiger charge is -2.08. The van der Waals surface area contributed by atoms with E-state index < -0.39 is 0 Å². The summed E-state index contributed by atoms with van der Waals surface area (Å²) in [6, 6.07) is 24.5. The molecule has 3 aromatic carbocycles. The number of hydrazone groups is 1. The molecule has 0 radical (unpaired) electrons. The number of rotatable bonds is 7. The van der Waals surface area contributed by atoms with Crippen molar-refractivity contribution >= 4 is 22.7 Å². The molecule has 1 heterocycles. The number of aryl methyl sites for hydroxylation is 2. The molecule has 4 aromatic rings. The van der Waals surface area contributed by atoms with E-state index in [0.717, 1.165) is 27.7 Å². The number of thiazole rings is 1. The first-order valence-electron chi connectivity index (χ1n) is 9.76. The van der Waals surface area contributed by atoms with Crippen molar-refractivity contribution in [2.75, 3.05) is 5.43 Å². The van der Waals surface area contributed by atoms with Crippen LogP contribution in [0.3, 0.4) is 0 Å².